The summed E-state index contributed by atoms with van der Waals surface area (Å²) in [6.45, 7) is 4.77. The summed E-state index contributed by atoms with van der Waals surface area (Å²) < 4.78 is 37.2. The summed E-state index contributed by atoms with van der Waals surface area (Å²) in [5, 5.41) is 18.5. The molecule has 0 radical (unpaired) electrons. The highest BCUT2D eigenvalue weighted by molar-refractivity contribution is 5.95. The van der Waals surface area contributed by atoms with Crippen LogP contribution in [0, 0.1) is 18.6 Å². The van der Waals surface area contributed by atoms with E-state index in [0.29, 0.717) is 17.8 Å². The van der Waals surface area contributed by atoms with Crippen molar-refractivity contribution in [3.05, 3.63) is 77.5 Å². The number of hydrogen-bond acceptors (Lipinski definition) is 5. The molecule has 4 aromatic rings. The highest BCUT2D eigenvalue weighted by Crippen LogP contribution is 2.27. The minimum absolute atomic E-state index is 0.0378. The number of aromatic nitrogens is 4. The summed E-state index contributed by atoms with van der Waals surface area (Å²) in [5.41, 5.74) is 0.224. The van der Waals surface area contributed by atoms with E-state index in [1.54, 1.807) is 51.5 Å². The van der Waals surface area contributed by atoms with Crippen molar-refractivity contribution >= 4 is 17.6 Å². The molecular weight excluding hydrogens is 486 g/mol. The Morgan fingerprint density at radius 1 is 1.22 bits per heavy atom. The average Bonchev–Trinajstić information content (AvgIpc) is 3.49. The van der Waals surface area contributed by atoms with Gasteiger partial charge < -0.3 is 20.5 Å². The number of halogens is 2. The first kappa shape index (κ1) is 25.6. The molecule has 0 aliphatic carbocycles. The number of fused-ring (bicyclic) bond motifs is 1. The number of nitrogens with zero attached hydrogens (tertiary/aromatic N) is 4. The number of ether oxygens (including phenoxy) is 1. The first-order valence-electron chi connectivity index (χ1n) is 11.5. The zero-order chi connectivity index (χ0) is 26.7. The molecular formula is C25H26F2N6O4. The lowest BCUT2D eigenvalue weighted by Gasteiger charge is -2.28. The van der Waals surface area contributed by atoms with Gasteiger partial charge in [0.05, 0.1) is 22.5 Å². The van der Waals surface area contributed by atoms with Gasteiger partial charge in [-0.2, -0.15) is 5.10 Å². The number of pyridine rings is 1. The van der Waals surface area contributed by atoms with Crippen LogP contribution < -0.4 is 15.4 Å². The minimum atomic E-state index is -1.19. The Morgan fingerprint density at radius 2 is 1.95 bits per heavy atom. The molecule has 1 atom stereocenters. The van der Waals surface area contributed by atoms with E-state index in [-0.39, 0.29) is 29.2 Å². The zero-order valence-electron chi connectivity index (χ0n) is 20.5. The molecule has 0 saturated carbocycles. The Balaban J connectivity index is 1.72. The summed E-state index contributed by atoms with van der Waals surface area (Å²) in [4.78, 5) is 28.9. The number of carboxylic acid groups (broad SMARTS) is 1. The summed E-state index contributed by atoms with van der Waals surface area (Å²) in [6.07, 6.45) is 4.16. The minimum Gasteiger partial charge on any atom is -0.485 e. The second-order valence-electron chi connectivity index (χ2n) is 8.77. The first-order chi connectivity index (χ1) is 17.6. The van der Waals surface area contributed by atoms with Crippen LogP contribution in [0.4, 0.5) is 13.6 Å². The van der Waals surface area contributed by atoms with Crippen molar-refractivity contribution < 1.29 is 28.2 Å². The third-order valence-electron chi connectivity index (χ3n) is 6.09. The first-order valence-corrected chi connectivity index (χ1v) is 11.5. The van der Waals surface area contributed by atoms with Crippen molar-refractivity contribution in [2.24, 2.45) is 0 Å². The van der Waals surface area contributed by atoms with Crippen LogP contribution >= 0.6 is 0 Å². The Hall–Kier alpha value is -4.48. The van der Waals surface area contributed by atoms with Gasteiger partial charge in [0.15, 0.2) is 11.4 Å². The van der Waals surface area contributed by atoms with E-state index in [9.17, 15) is 18.4 Å². The van der Waals surface area contributed by atoms with Gasteiger partial charge in [0.2, 0.25) is 0 Å². The topological polar surface area (TPSA) is 123 Å². The van der Waals surface area contributed by atoms with Crippen LogP contribution in [-0.2, 0) is 6.61 Å². The maximum absolute atomic E-state index is 14.2. The smallest absolute Gasteiger partial charge is 0.405 e. The van der Waals surface area contributed by atoms with Crippen LogP contribution in [0.3, 0.4) is 0 Å². The Morgan fingerprint density at radius 3 is 2.57 bits per heavy atom. The normalized spacial score (nSPS) is 12.8. The Bertz CT molecular complexity index is 1430. The molecule has 0 aliphatic rings. The predicted molar refractivity (Wildman–Crippen MR) is 130 cm³/mol. The molecule has 4 rings (SSSR count). The molecule has 3 N–H and O–H groups in total. The van der Waals surface area contributed by atoms with Crippen LogP contribution in [-0.4, -0.2) is 48.4 Å². The van der Waals surface area contributed by atoms with Gasteiger partial charge in [-0.1, -0.05) is 13.0 Å². The molecule has 0 bridgehead atoms. The lowest BCUT2D eigenvalue weighted by molar-refractivity contribution is 0.0930. The maximum atomic E-state index is 14.2. The molecule has 12 heteroatoms. The van der Waals surface area contributed by atoms with Gasteiger partial charge in [0.1, 0.15) is 23.9 Å². The molecule has 3 heterocycles. The van der Waals surface area contributed by atoms with E-state index in [1.165, 1.54) is 15.1 Å². The van der Waals surface area contributed by atoms with Crippen molar-refractivity contribution in [3.63, 3.8) is 0 Å². The number of carbonyl (C=O) groups excluding carboxylic acids is 1. The standard InChI is InChI=1S/C25H26F2N6O4/c1-4-25(3,31-24(35)36)14-28-23(34)21-15(2)30-22-20(37-13-17-18(26)7-5-8-19(17)27)11-16(12-32(21)22)33-10-6-9-29-33/h5-12,31H,4,13-14H2,1-3H3,(H,28,34)(H,35,36). The number of nitrogens with one attached hydrogen (secondary N) is 2. The van der Waals surface area contributed by atoms with E-state index in [4.69, 9.17) is 9.84 Å². The van der Waals surface area contributed by atoms with Gasteiger partial charge in [-0.15, -0.1) is 0 Å². The van der Waals surface area contributed by atoms with Crippen LogP contribution in [0.1, 0.15) is 42.0 Å². The number of benzene rings is 1. The Kier molecular flexibility index (Phi) is 7.09. The predicted octanol–water partition coefficient (Wildman–Crippen LogP) is 3.85. The third kappa shape index (κ3) is 5.37. The number of rotatable bonds is 9. The van der Waals surface area contributed by atoms with Crippen LogP contribution in [0.15, 0.2) is 48.9 Å². The van der Waals surface area contributed by atoms with Gasteiger partial charge in [0, 0.05) is 31.2 Å². The molecule has 1 unspecified atom stereocenters. The molecule has 10 nitrogen and oxygen atoms in total. The van der Waals surface area contributed by atoms with Gasteiger partial charge in [-0.05, 0) is 38.5 Å². The highest BCUT2D eigenvalue weighted by atomic mass is 19.1. The molecule has 0 spiro atoms. The van der Waals surface area contributed by atoms with Gasteiger partial charge >= 0.3 is 6.09 Å². The second-order valence-corrected chi connectivity index (χ2v) is 8.77. The highest BCUT2D eigenvalue weighted by Gasteiger charge is 2.27. The molecule has 3 aromatic heterocycles. The number of carbonyl (C=O) groups is 2. The van der Waals surface area contributed by atoms with Crippen molar-refractivity contribution in [2.75, 3.05) is 6.54 Å². The van der Waals surface area contributed by atoms with Crippen LogP contribution in [0.25, 0.3) is 11.3 Å². The molecule has 0 saturated heterocycles. The fourth-order valence-electron chi connectivity index (χ4n) is 3.84. The molecule has 194 valence electrons. The lowest BCUT2D eigenvalue weighted by atomic mass is 9.99. The van der Waals surface area contributed by atoms with Crippen molar-refractivity contribution in [1.82, 2.24) is 29.8 Å². The lowest BCUT2D eigenvalue weighted by Crippen LogP contribution is -2.52. The fourth-order valence-corrected chi connectivity index (χ4v) is 3.84. The summed E-state index contributed by atoms with van der Waals surface area (Å²) in [6, 6.07) is 6.88. The van der Waals surface area contributed by atoms with Gasteiger partial charge in [-0.25, -0.2) is 23.2 Å². The largest absolute Gasteiger partial charge is 0.485 e. The van der Waals surface area contributed by atoms with Gasteiger partial charge in [-0.3, -0.25) is 9.20 Å². The number of hydrogen-bond donors (Lipinski definition) is 3. The zero-order valence-corrected chi connectivity index (χ0v) is 20.5. The number of imidazole rings is 1. The molecule has 2 amide bonds. The molecule has 0 fully saturated rings. The quantitative estimate of drug-likeness (QED) is 0.313. The Labute approximate surface area is 210 Å². The number of aryl methyl sites for hydroxylation is 1. The third-order valence-corrected chi connectivity index (χ3v) is 6.09. The van der Waals surface area contributed by atoms with E-state index in [0.717, 1.165) is 12.1 Å². The van der Waals surface area contributed by atoms with Crippen molar-refractivity contribution in [3.8, 4) is 11.4 Å². The summed E-state index contributed by atoms with van der Waals surface area (Å²) >= 11 is 0. The summed E-state index contributed by atoms with van der Waals surface area (Å²) in [7, 11) is 0. The van der Waals surface area contributed by atoms with E-state index >= 15 is 0 Å². The van der Waals surface area contributed by atoms with Gasteiger partial charge in [0.25, 0.3) is 5.91 Å². The molecule has 37 heavy (non-hydrogen) atoms. The van der Waals surface area contributed by atoms with E-state index in [2.05, 4.69) is 20.7 Å². The van der Waals surface area contributed by atoms with Crippen molar-refractivity contribution in [2.45, 2.75) is 39.3 Å². The van der Waals surface area contributed by atoms with Crippen LogP contribution in [0.5, 0.6) is 5.75 Å². The molecule has 1 aromatic carbocycles. The fraction of sp³-hybridized carbons (Fsp3) is 0.280. The summed E-state index contributed by atoms with van der Waals surface area (Å²) in [5.74, 6) is -1.79. The molecule has 0 aliphatic heterocycles. The average molecular weight is 513 g/mol. The van der Waals surface area contributed by atoms with Crippen LogP contribution in [0.2, 0.25) is 0 Å². The maximum Gasteiger partial charge on any atom is 0.405 e. The van der Waals surface area contributed by atoms with E-state index in [1.807, 2.05) is 0 Å². The number of amides is 2. The second kappa shape index (κ2) is 10.2. The van der Waals surface area contributed by atoms with E-state index < -0.39 is 35.8 Å². The van der Waals surface area contributed by atoms with Crippen molar-refractivity contribution in [1.29, 1.82) is 0 Å². The monoisotopic (exact) mass is 512 g/mol. The SMILES string of the molecule is CCC(C)(CNC(=O)c1c(C)nc2c(OCc3c(F)cccc3F)cc(-n3cccn3)cn12)NC(=O)O.